The minimum absolute atomic E-state index is 0.170. The van der Waals surface area contributed by atoms with Crippen molar-refractivity contribution in [2.24, 2.45) is 0 Å². The molecule has 0 aliphatic carbocycles. The first-order valence-corrected chi connectivity index (χ1v) is 12.3. The molecule has 8 heteroatoms. The Labute approximate surface area is 209 Å². The summed E-state index contributed by atoms with van der Waals surface area (Å²) in [6, 6.07) is 25.1. The van der Waals surface area contributed by atoms with Crippen LogP contribution in [0.15, 0.2) is 84.0 Å². The van der Waals surface area contributed by atoms with Crippen molar-refractivity contribution >= 4 is 17.7 Å². The zero-order valence-electron chi connectivity index (χ0n) is 20.0. The van der Waals surface area contributed by atoms with E-state index in [1.54, 1.807) is 43.1 Å². The number of rotatable bonds is 10. The third-order valence-electron chi connectivity index (χ3n) is 5.42. The van der Waals surface area contributed by atoms with Crippen molar-refractivity contribution < 1.29 is 14.3 Å². The van der Waals surface area contributed by atoms with E-state index in [4.69, 9.17) is 9.47 Å². The van der Waals surface area contributed by atoms with Crippen LogP contribution in [0.3, 0.4) is 0 Å². The fraction of sp³-hybridized carbons (Fsp3) is 0.222. The highest BCUT2D eigenvalue weighted by Gasteiger charge is 2.19. The maximum absolute atomic E-state index is 12.7. The van der Waals surface area contributed by atoms with Crippen molar-refractivity contribution in [1.29, 1.82) is 0 Å². The number of ether oxygens (including phenoxy) is 2. The van der Waals surface area contributed by atoms with Gasteiger partial charge >= 0.3 is 0 Å². The van der Waals surface area contributed by atoms with Crippen LogP contribution in [-0.2, 0) is 6.54 Å². The maximum Gasteiger partial charge on any atom is 0.251 e. The lowest BCUT2D eigenvalue weighted by atomic mass is 10.2. The van der Waals surface area contributed by atoms with Gasteiger partial charge in [0.25, 0.3) is 5.91 Å². The zero-order valence-corrected chi connectivity index (χ0v) is 20.8. The molecular weight excluding hydrogens is 460 g/mol. The SMILES string of the molecule is CCOc1ccc(-n2c(CNC(=O)c3ccc(OC)cc3)nnc2SC(C)c2ccccc2)cc1. The molecule has 1 N–H and O–H groups in total. The molecule has 0 radical (unpaired) electrons. The van der Waals surface area contributed by atoms with Crippen molar-refractivity contribution in [3.63, 3.8) is 0 Å². The highest BCUT2D eigenvalue weighted by Crippen LogP contribution is 2.35. The summed E-state index contributed by atoms with van der Waals surface area (Å²) < 4.78 is 12.7. The van der Waals surface area contributed by atoms with E-state index in [0.29, 0.717) is 23.7 Å². The van der Waals surface area contributed by atoms with Gasteiger partial charge < -0.3 is 14.8 Å². The smallest absolute Gasteiger partial charge is 0.251 e. The Morgan fingerprint density at radius 1 is 0.971 bits per heavy atom. The molecule has 1 amide bonds. The molecule has 1 unspecified atom stereocenters. The van der Waals surface area contributed by atoms with Gasteiger partial charge in [0.15, 0.2) is 11.0 Å². The predicted octanol–water partition coefficient (Wildman–Crippen LogP) is 5.46. The van der Waals surface area contributed by atoms with Crippen LogP contribution < -0.4 is 14.8 Å². The number of carbonyl (C=O) groups excluding carboxylic acids is 1. The lowest BCUT2D eigenvalue weighted by Crippen LogP contribution is -2.24. The van der Waals surface area contributed by atoms with Gasteiger partial charge in [-0.3, -0.25) is 9.36 Å². The molecule has 180 valence electrons. The van der Waals surface area contributed by atoms with Crippen LogP contribution in [0.5, 0.6) is 11.5 Å². The van der Waals surface area contributed by atoms with E-state index in [2.05, 4.69) is 34.6 Å². The van der Waals surface area contributed by atoms with Gasteiger partial charge in [0.05, 0.1) is 20.3 Å². The number of benzene rings is 3. The zero-order chi connectivity index (χ0) is 24.6. The van der Waals surface area contributed by atoms with Crippen LogP contribution in [0.1, 0.15) is 40.8 Å². The normalized spacial score (nSPS) is 11.6. The van der Waals surface area contributed by atoms with Gasteiger partial charge in [-0.25, -0.2) is 0 Å². The lowest BCUT2D eigenvalue weighted by Gasteiger charge is -2.15. The summed E-state index contributed by atoms with van der Waals surface area (Å²) in [5.41, 5.74) is 2.65. The molecule has 7 nitrogen and oxygen atoms in total. The quantitative estimate of drug-likeness (QED) is 0.299. The number of thioether (sulfide) groups is 1. The highest BCUT2D eigenvalue weighted by atomic mass is 32.2. The second-order valence-electron chi connectivity index (χ2n) is 7.74. The lowest BCUT2D eigenvalue weighted by molar-refractivity contribution is 0.0949. The van der Waals surface area contributed by atoms with E-state index >= 15 is 0 Å². The van der Waals surface area contributed by atoms with Gasteiger partial charge in [-0.15, -0.1) is 10.2 Å². The number of methoxy groups -OCH3 is 1. The number of hydrogen-bond acceptors (Lipinski definition) is 6. The maximum atomic E-state index is 12.7. The number of nitrogens with zero attached hydrogens (tertiary/aromatic N) is 3. The minimum atomic E-state index is -0.194. The van der Waals surface area contributed by atoms with Crippen molar-refractivity contribution in [2.45, 2.75) is 30.8 Å². The van der Waals surface area contributed by atoms with E-state index in [-0.39, 0.29) is 17.7 Å². The van der Waals surface area contributed by atoms with Crippen molar-refractivity contribution in [2.75, 3.05) is 13.7 Å². The summed E-state index contributed by atoms with van der Waals surface area (Å²) >= 11 is 1.62. The summed E-state index contributed by atoms with van der Waals surface area (Å²) in [6.07, 6.45) is 0. The molecule has 4 aromatic rings. The van der Waals surface area contributed by atoms with Gasteiger partial charge in [0.2, 0.25) is 0 Å². The average molecular weight is 489 g/mol. The van der Waals surface area contributed by atoms with E-state index in [1.807, 2.05) is 54.0 Å². The molecule has 3 aromatic carbocycles. The Morgan fingerprint density at radius 3 is 2.31 bits per heavy atom. The molecule has 1 heterocycles. The first-order chi connectivity index (χ1) is 17.1. The summed E-state index contributed by atoms with van der Waals surface area (Å²) in [5, 5.41) is 12.8. The van der Waals surface area contributed by atoms with E-state index in [1.165, 1.54) is 5.56 Å². The summed E-state index contributed by atoms with van der Waals surface area (Å²) in [7, 11) is 1.59. The molecule has 0 fully saturated rings. The summed E-state index contributed by atoms with van der Waals surface area (Å²) in [5.74, 6) is 1.94. The Morgan fingerprint density at radius 2 is 1.66 bits per heavy atom. The first kappa shape index (κ1) is 24.3. The Hall–Kier alpha value is -3.78. The van der Waals surface area contributed by atoms with E-state index < -0.39 is 0 Å². The third-order valence-corrected chi connectivity index (χ3v) is 6.52. The molecule has 0 aliphatic heterocycles. The van der Waals surface area contributed by atoms with Gasteiger partial charge in [-0.2, -0.15) is 0 Å². The monoisotopic (exact) mass is 488 g/mol. The Bertz CT molecular complexity index is 1240. The first-order valence-electron chi connectivity index (χ1n) is 11.4. The van der Waals surface area contributed by atoms with Crippen molar-refractivity contribution in [3.8, 4) is 17.2 Å². The van der Waals surface area contributed by atoms with Crippen LogP contribution in [0, 0.1) is 0 Å². The van der Waals surface area contributed by atoms with Crippen molar-refractivity contribution in [1.82, 2.24) is 20.1 Å². The van der Waals surface area contributed by atoms with Gasteiger partial charge in [0.1, 0.15) is 11.5 Å². The van der Waals surface area contributed by atoms with Gasteiger partial charge in [-0.1, -0.05) is 42.1 Å². The van der Waals surface area contributed by atoms with Gasteiger partial charge in [-0.05, 0) is 67.9 Å². The van der Waals surface area contributed by atoms with Crippen LogP contribution in [-0.4, -0.2) is 34.4 Å². The summed E-state index contributed by atoms with van der Waals surface area (Å²) in [6.45, 7) is 4.93. The number of nitrogens with one attached hydrogen (secondary N) is 1. The van der Waals surface area contributed by atoms with E-state index in [0.717, 1.165) is 16.6 Å². The molecule has 0 saturated carbocycles. The minimum Gasteiger partial charge on any atom is -0.497 e. The molecule has 1 atom stereocenters. The molecule has 0 aliphatic rings. The number of hydrogen-bond donors (Lipinski definition) is 1. The summed E-state index contributed by atoms with van der Waals surface area (Å²) in [4.78, 5) is 12.7. The van der Waals surface area contributed by atoms with Crippen LogP contribution in [0.4, 0.5) is 0 Å². The molecular formula is C27H28N4O3S. The number of amides is 1. The molecule has 35 heavy (non-hydrogen) atoms. The Balaban J connectivity index is 1.58. The predicted molar refractivity (Wildman–Crippen MR) is 137 cm³/mol. The molecule has 4 rings (SSSR count). The fourth-order valence-corrected chi connectivity index (χ4v) is 4.58. The van der Waals surface area contributed by atoms with Crippen LogP contribution in [0.25, 0.3) is 5.69 Å². The fourth-order valence-electron chi connectivity index (χ4n) is 3.56. The van der Waals surface area contributed by atoms with Gasteiger partial charge in [0, 0.05) is 16.5 Å². The molecule has 0 spiro atoms. The second kappa shape index (κ2) is 11.6. The molecule has 0 bridgehead atoms. The van der Waals surface area contributed by atoms with Crippen LogP contribution in [0.2, 0.25) is 0 Å². The third kappa shape index (κ3) is 6.02. The van der Waals surface area contributed by atoms with Crippen LogP contribution >= 0.6 is 11.8 Å². The second-order valence-corrected chi connectivity index (χ2v) is 9.05. The highest BCUT2D eigenvalue weighted by molar-refractivity contribution is 7.99. The Kier molecular flexibility index (Phi) is 8.05. The number of carbonyl (C=O) groups is 1. The average Bonchev–Trinajstić information content (AvgIpc) is 3.30. The van der Waals surface area contributed by atoms with E-state index in [9.17, 15) is 4.79 Å². The molecule has 0 saturated heterocycles. The largest absolute Gasteiger partial charge is 0.497 e. The molecule has 1 aromatic heterocycles. The standard InChI is InChI=1S/C27H28N4O3S/c1-4-34-24-16-12-22(13-17-24)31-25(18-28-26(32)21-10-14-23(33-3)15-11-21)29-30-27(31)35-19(2)20-8-6-5-7-9-20/h5-17,19H,4,18H2,1-3H3,(H,28,32). The topological polar surface area (TPSA) is 78.3 Å². The van der Waals surface area contributed by atoms with Crippen molar-refractivity contribution in [3.05, 3.63) is 95.8 Å². The number of aromatic nitrogens is 3.